The summed E-state index contributed by atoms with van der Waals surface area (Å²) in [5.41, 5.74) is 1.94. The maximum atomic E-state index is 13.9. The number of oxime groups is 1. The van der Waals surface area contributed by atoms with Crippen LogP contribution in [0.25, 0.3) is 0 Å². The van der Waals surface area contributed by atoms with Gasteiger partial charge in [0.15, 0.2) is 0 Å². The Morgan fingerprint density at radius 2 is 1.50 bits per heavy atom. The molecule has 0 spiro atoms. The lowest BCUT2D eigenvalue weighted by atomic mass is 9.51. The second kappa shape index (κ2) is 6.84. The third-order valence-electron chi connectivity index (χ3n) is 7.55. The highest BCUT2D eigenvalue weighted by atomic mass is 16.6. The number of imide groups is 1. The van der Waals surface area contributed by atoms with Crippen LogP contribution in [0.15, 0.2) is 78.0 Å². The molecule has 3 aromatic carbocycles. The number of benzene rings is 3. The van der Waals surface area contributed by atoms with E-state index in [1.54, 1.807) is 55.5 Å². The first-order chi connectivity index (χ1) is 16.4. The summed E-state index contributed by atoms with van der Waals surface area (Å²) in [6, 6.07) is 20.7. The van der Waals surface area contributed by atoms with Gasteiger partial charge in [0.2, 0.25) is 11.8 Å². The van der Waals surface area contributed by atoms with Gasteiger partial charge in [0, 0.05) is 22.0 Å². The van der Waals surface area contributed by atoms with E-state index in [0.717, 1.165) is 16.0 Å². The summed E-state index contributed by atoms with van der Waals surface area (Å²) in [5.74, 6) is -3.46. The maximum Gasteiger partial charge on any atom is 0.285 e. The Balaban J connectivity index is 1.58. The van der Waals surface area contributed by atoms with E-state index >= 15 is 0 Å². The van der Waals surface area contributed by atoms with Crippen molar-refractivity contribution >= 4 is 23.2 Å². The van der Waals surface area contributed by atoms with Gasteiger partial charge in [-0.15, -0.1) is 0 Å². The van der Waals surface area contributed by atoms with Crippen LogP contribution in [-0.4, -0.2) is 27.7 Å². The minimum atomic E-state index is -1.84. The van der Waals surface area contributed by atoms with Crippen molar-refractivity contribution in [3.63, 3.8) is 0 Å². The van der Waals surface area contributed by atoms with Crippen molar-refractivity contribution in [3.05, 3.63) is 111 Å². The van der Waals surface area contributed by atoms with Crippen LogP contribution >= 0.6 is 0 Å². The molecule has 8 nitrogen and oxygen atoms in total. The van der Waals surface area contributed by atoms with Crippen molar-refractivity contribution in [2.45, 2.75) is 18.4 Å². The van der Waals surface area contributed by atoms with Crippen LogP contribution in [0.1, 0.15) is 40.7 Å². The molecule has 1 aliphatic heterocycles. The number of carbonyl (C=O) groups is 2. The molecule has 0 aromatic heterocycles. The summed E-state index contributed by atoms with van der Waals surface area (Å²) in [7, 11) is 0. The zero-order chi connectivity index (χ0) is 23.8. The van der Waals surface area contributed by atoms with Gasteiger partial charge in [-0.3, -0.25) is 19.7 Å². The van der Waals surface area contributed by atoms with Gasteiger partial charge in [-0.25, -0.2) is 4.90 Å². The van der Waals surface area contributed by atoms with Gasteiger partial charge >= 0.3 is 0 Å². The van der Waals surface area contributed by atoms with Gasteiger partial charge in [-0.05, 0) is 35.7 Å². The Kier molecular flexibility index (Phi) is 4.08. The first kappa shape index (κ1) is 20.3. The van der Waals surface area contributed by atoms with E-state index in [9.17, 15) is 19.7 Å². The van der Waals surface area contributed by atoms with E-state index < -0.39 is 35.1 Å². The number of anilines is 1. The van der Waals surface area contributed by atoms with Crippen molar-refractivity contribution in [1.82, 2.24) is 0 Å². The average molecular weight is 453 g/mol. The average Bonchev–Trinajstić information content (AvgIpc) is 3.14. The second-order valence-electron chi connectivity index (χ2n) is 8.92. The molecule has 8 heteroatoms. The highest BCUT2D eigenvalue weighted by molar-refractivity contribution is 6.23. The number of nitro groups is 1. The number of hydrogen-bond acceptors (Lipinski definition) is 6. The van der Waals surface area contributed by atoms with Crippen LogP contribution in [0, 0.1) is 22.0 Å². The molecule has 34 heavy (non-hydrogen) atoms. The number of rotatable bonds is 3. The van der Waals surface area contributed by atoms with Gasteiger partial charge in [0.1, 0.15) is 5.92 Å². The highest BCUT2D eigenvalue weighted by Crippen LogP contribution is 2.64. The Labute approximate surface area is 194 Å². The first-order valence-electron chi connectivity index (χ1n) is 10.9. The van der Waals surface area contributed by atoms with E-state index in [2.05, 4.69) is 5.16 Å². The van der Waals surface area contributed by atoms with Crippen LogP contribution in [0.5, 0.6) is 0 Å². The molecule has 0 saturated carbocycles. The van der Waals surface area contributed by atoms with Gasteiger partial charge in [-0.2, -0.15) is 0 Å². The molecule has 0 radical (unpaired) electrons. The lowest BCUT2D eigenvalue weighted by Gasteiger charge is -2.48. The first-order valence-corrected chi connectivity index (χ1v) is 10.9. The Morgan fingerprint density at radius 1 is 0.941 bits per heavy atom. The molecule has 3 aromatic rings. The van der Waals surface area contributed by atoms with Crippen molar-refractivity contribution in [1.29, 1.82) is 0 Å². The third-order valence-corrected chi connectivity index (χ3v) is 7.55. The summed E-state index contributed by atoms with van der Waals surface area (Å²) >= 11 is 0. The molecule has 1 saturated heterocycles. The number of amides is 2. The van der Waals surface area contributed by atoms with Crippen LogP contribution in [-0.2, 0) is 15.1 Å². The molecule has 2 atom stereocenters. The number of nitrogens with zero attached hydrogens (tertiary/aromatic N) is 3. The highest BCUT2D eigenvalue weighted by Gasteiger charge is 2.74. The molecular formula is C26H19N3O5. The molecule has 0 unspecified atom stereocenters. The molecule has 4 aliphatic rings. The van der Waals surface area contributed by atoms with Crippen molar-refractivity contribution in [3.8, 4) is 0 Å². The second-order valence-corrected chi connectivity index (χ2v) is 8.92. The summed E-state index contributed by atoms with van der Waals surface area (Å²) in [6.45, 7) is 1.63. The SMILES string of the molecule is CC(=NO)c1ccc(N2C(=O)[C@@H]3C4c5ccccc5C([N+](=O)[O-])(c5ccccc54)[C@@H]3C2=O)cc1. The van der Waals surface area contributed by atoms with E-state index in [0.29, 0.717) is 28.1 Å². The minimum Gasteiger partial charge on any atom is -0.411 e. The Bertz CT molecular complexity index is 1380. The van der Waals surface area contributed by atoms with E-state index in [1.165, 1.54) is 0 Å². The predicted octanol–water partition coefficient (Wildman–Crippen LogP) is 3.67. The van der Waals surface area contributed by atoms with E-state index in [4.69, 9.17) is 5.21 Å². The minimum absolute atomic E-state index is 0.338. The van der Waals surface area contributed by atoms with Gasteiger partial charge in [0.05, 0.1) is 17.3 Å². The molecule has 2 bridgehead atoms. The van der Waals surface area contributed by atoms with Crippen LogP contribution < -0.4 is 4.90 Å². The standard InChI is InChI=1S/C26H19N3O5/c1-14(27-32)15-10-12-16(13-11-15)28-24(30)22-21-17-6-2-4-8-19(17)26(29(33)34,23(22)25(28)31)20-9-5-3-7-18(20)21/h2-13,21-23,32H,1H3/t21?,22-,23+,26?/m1/s1. The molecule has 1 fully saturated rings. The number of carbonyl (C=O) groups excluding carboxylic acids is 2. The van der Waals surface area contributed by atoms with Crippen LogP contribution in [0.4, 0.5) is 5.69 Å². The Hall–Kier alpha value is -4.33. The monoisotopic (exact) mass is 453 g/mol. The maximum absolute atomic E-state index is 13.9. The van der Waals surface area contributed by atoms with Crippen molar-refractivity contribution in [2.75, 3.05) is 4.90 Å². The van der Waals surface area contributed by atoms with Gasteiger partial charge in [-0.1, -0.05) is 65.8 Å². The third kappa shape index (κ3) is 2.24. The smallest absolute Gasteiger partial charge is 0.285 e. The fourth-order valence-electron chi connectivity index (χ4n) is 6.21. The molecular weight excluding hydrogens is 434 g/mol. The summed E-state index contributed by atoms with van der Waals surface area (Å²) in [6.07, 6.45) is 0. The molecule has 1 heterocycles. The zero-order valence-corrected chi connectivity index (χ0v) is 18.1. The lowest BCUT2D eigenvalue weighted by Crippen LogP contribution is -2.57. The Morgan fingerprint density at radius 3 is 2.03 bits per heavy atom. The fraction of sp³-hybridized carbons (Fsp3) is 0.192. The summed E-state index contributed by atoms with van der Waals surface area (Å²) in [5, 5.41) is 25.1. The largest absolute Gasteiger partial charge is 0.411 e. The molecule has 1 N–H and O–H groups in total. The summed E-state index contributed by atoms with van der Waals surface area (Å²) < 4.78 is 0. The lowest BCUT2D eigenvalue weighted by molar-refractivity contribution is -0.578. The zero-order valence-electron chi connectivity index (χ0n) is 18.1. The predicted molar refractivity (Wildman–Crippen MR) is 122 cm³/mol. The van der Waals surface area contributed by atoms with Crippen molar-refractivity contribution < 1.29 is 19.7 Å². The van der Waals surface area contributed by atoms with Gasteiger partial charge in [0.25, 0.3) is 5.54 Å². The molecule has 2 amide bonds. The quantitative estimate of drug-likeness (QED) is 0.214. The fourth-order valence-corrected chi connectivity index (χ4v) is 6.21. The number of hydrogen-bond donors (Lipinski definition) is 1. The summed E-state index contributed by atoms with van der Waals surface area (Å²) in [4.78, 5) is 41.3. The van der Waals surface area contributed by atoms with Crippen LogP contribution in [0.3, 0.4) is 0 Å². The molecule has 3 aliphatic carbocycles. The van der Waals surface area contributed by atoms with E-state index in [1.807, 2.05) is 24.3 Å². The van der Waals surface area contributed by atoms with Gasteiger partial charge < -0.3 is 5.21 Å². The van der Waals surface area contributed by atoms with Crippen LogP contribution in [0.2, 0.25) is 0 Å². The molecule has 168 valence electrons. The van der Waals surface area contributed by atoms with Crippen molar-refractivity contribution in [2.24, 2.45) is 17.0 Å². The topological polar surface area (TPSA) is 113 Å². The van der Waals surface area contributed by atoms with E-state index in [-0.39, 0.29) is 4.92 Å². The normalized spacial score (nSPS) is 26.8. The molecule has 7 rings (SSSR count).